The van der Waals surface area contributed by atoms with Crippen LogP contribution in [0.15, 0.2) is 34.8 Å². The first-order valence-electron chi connectivity index (χ1n) is 6.24. The van der Waals surface area contributed by atoms with Crippen LogP contribution >= 0.6 is 15.9 Å². The summed E-state index contributed by atoms with van der Waals surface area (Å²) < 4.78 is 6.14. The zero-order chi connectivity index (χ0) is 14.4. The molecule has 0 aliphatic heterocycles. The minimum Gasteiger partial charge on any atom is -0.377 e. The second kappa shape index (κ2) is 7.21. The van der Waals surface area contributed by atoms with E-state index < -0.39 is 0 Å². The predicted octanol–water partition coefficient (Wildman–Crippen LogP) is 3.04. The van der Waals surface area contributed by atoms with E-state index in [-0.39, 0.29) is 0 Å². The topological polar surface area (TPSA) is 59.1 Å². The van der Waals surface area contributed by atoms with Crippen LogP contribution in [0.3, 0.4) is 0 Å². The van der Waals surface area contributed by atoms with Crippen LogP contribution < -0.4 is 10.6 Å². The van der Waals surface area contributed by atoms with Gasteiger partial charge in [0.1, 0.15) is 18.2 Å². The molecule has 0 saturated carbocycles. The zero-order valence-electron chi connectivity index (χ0n) is 11.5. The standard InChI is InChI=1S/C14H17BrN4O/c1-16-12-7-13(19-14(18-12)9-20-2)17-8-10-4-3-5-11(15)6-10/h3-7H,8-9H2,1-2H3,(H2,16,17,18,19). The van der Waals surface area contributed by atoms with Crippen molar-refractivity contribution in [2.75, 3.05) is 24.8 Å². The number of nitrogens with one attached hydrogen (secondary N) is 2. The summed E-state index contributed by atoms with van der Waals surface area (Å²) in [7, 11) is 3.46. The van der Waals surface area contributed by atoms with E-state index in [1.54, 1.807) is 7.11 Å². The normalized spacial score (nSPS) is 10.3. The molecular formula is C14H17BrN4O. The Balaban J connectivity index is 2.10. The third-order valence-corrected chi connectivity index (χ3v) is 3.16. The van der Waals surface area contributed by atoms with E-state index in [2.05, 4.69) is 48.7 Å². The van der Waals surface area contributed by atoms with Crippen LogP contribution in [0.2, 0.25) is 0 Å². The van der Waals surface area contributed by atoms with Crippen LogP contribution in [0.5, 0.6) is 0 Å². The average molecular weight is 337 g/mol. The average Bonchev–Trinajstić information content (AvgIpc) is 2.45. The summed E-state index contributed by atoms with van der Waals surface area (Å²) in [5.74, 6) is 2.19. The number of halogens is 1. The van der Waals surface area contributed by atoms with Gasteiger partial charge >= 0.3 is 0 Å². The lowest BCUT2D eigenvalue weighted by Crippen LogP contribution is -2.07. The van der Waals surface area contributed by atoms with Crippen molar-refractivity contribution in [2.45, 2.75) is 13.2 Å². The number of ether oxygens (including phenoxy) is 1. The summed E-state index contributed by atoms with van der Waals surface area (Å²) in [6, 6.07) is 10.0. The maximum atomic E-state index is 5.07. The highest BCUT2D eigenvalue weighted by atomic mass is 79.9. The lowest BCUT2D eigenvalue weighted by Gasteiger charge is -2.10. The predicted molar refractivity (Wildman–Crippen MR) is 83.8 cm³/mol. The van der Waals surface area contributed by atoms with Gasteiger partial charge in [0, 0.05) is 31.2 Å². The fourth-order valence-electron chi connectivity index (χ4n) is 1.75. The first kappa shape index (κ1) is 14.7. The minimum atomic E-state index is 0.390. The minimum absolute atomic E-state index is 0.390. The maximum Gasteiger partial charge on any atom is 0.158 e. The number of anilines is 2. The second-order valence-electron chi connectivity index (χ2n) is 4.22. The maximum absolute atomic E-state index is 5.07. The molecular weight excluding hydrogens is 320 g/mol. The summed E-state index contributed by atoms with van der Waals surface area (Å²) in [6.07, 6.45) is 0. The van der Waals surface area contributed by atoms with Gasteiger partial charge in [0.2, 0.25) is 0 Å². The van der Waals surface area contributed by atoms with Gasteiger partial charge in [-0.25, -0.2) is 9.97 Å². The van der Waals surface area contributed by atoms with Gasteiger partial charge in [0.05, 0.1) is 0 Å². The van der Waals surface area contributed by atoms with E-state index in [9.17, 15) is 0 Å². The quantitative estimate of drug-likeness (QED) is 0.849. The van der Waals surface area contributed by atoms with Gasteiger partial charge in [-0.05, 0) is 17.7 Å². The number of nitrogens with zero attached hydrogens (tertiary/aromatic N) is 2. The number of hydrogen-bond acceptors (Lipinski definition) is 5. The molecule has 0 aliphatic rings. The van der Waals surface area contributed by atoms with E-state index in [4.69, 9.17) is 4.74 Å². The summed E-state index contributed by atoms with van der Waals surface area (Å²) in [6.45, 7) is 1.09. The Morgan fingerprint density at radius 2 is 2.00 bits per heavy atom. The highest BCUT2D eigenvalue weighted by Crippen LogP contribution is 2.15. The first-order chi connectivity index (χ1) is 9.71. The lowest BCUT2D eigenvalue weighted by molar-refractivity contribution is 0.178. The van der Waals surface area contributed by atoms with Gasteiger partial charge in [0.25, 0.3) is 0 Å². The Morgan fingerprint density at radius 3 is 2.70 bits per heavy atom. The molecule has 0 amide bonds. The third-order valence-electron chi connectivity index (χ3n) is 2.66. The molecule has 0 bridgehead atoms. The van der Waals surface area contributed by atoms with Crippen LogP contribution in [0.4, 0.5) is 11.6 Å². The van der Waals surface area contributed by atoms with Crippen LogP contribution in [-0.2, 0) is 17.9 Å². The van der Waals surface area contributed by atoms with E-state index in [1.807, 2.05) is 25.2 Å². The number of methoxy groups -OCH3 is 1. The van der Waals surface area contributed by atoms with Crippen molar-refractivity contribution in [3.63, 3.8) is 0 Å². The molecule has 1 aromatic heterocycles. The molecule has 1 aromatic carbocycles. The molecule has 0 fully saturated rings. The Morgan fingerprint density at radius 1 is 1.20 bits per heavy atom. The van der Waals surface area contributed by atoms with Gasteiger partial charge in [-0.1, -0.05) is 28.1 Å². The van der Waals surface area contributed by atoms with Gasteiger partial charge in [0.15, 0.2) is 5.82 Å². The van der Waals surface area contributed by atoms with Crippen molar-refractivity contribution in [1.29, 1.82) is 0 Å². The first-order valence-corrected chi connectivity index (χ1v) is 7.03. The monoisotopic (exact) mass is 336 g/mol. The fraction of sp³-hybridized carbons (Fsp3) is 0.286. The summed E-state index contributed by atoms with van der Waals surface area (Å²) >= 11 is 3.46. The molecule has 0 radical (unpaired) electrons. The molecule has 0 atom stereocenters. The Kier molecular flexibility index (Phi) is 5.31. The van der Waals surface area contributed by atoms with Crippen LogP contribution in [-0.4, -0.2) is 24.1 Å². The Hall–Kier alpha value is -1.66. The highest BCUT2D eigenvalue weighted by Gasteiger charge is 2.04. The molecule has 0 aliphatic carbocycles. The number of rotatable bonds is 6. The fourth-order valence-corrected chi connectivity index (χ4v) is 2.20. The summed E-state index contributed by atoms with van der Waals surface area (Å²) in [5.41, 5.74) is 1.18. The third kappa shape index (κ3) is 4.18. The van der Waals surface area contributed by atoms with Crippen molar-refractivity contribution in [2.24, 2.45) is 0 Å². The van der Waals surface area contributed by atoms with E-state index in [1.165, 1.54) is 5.56 Å². The number of hydrogen-bond donors (Lipinski definition) is 2. The van der Waals surface area contributed by atoms with Crippen molar-refractivity contribution in [3.8, 4) is 0 Å². The molecule has 106 valence electrons. The van der Waals surface area contributed by atoms with Crippen LogP contribution in [0, 0.1) is 0 Å². The smallest absolute Gasteiger partial charge is 0.158 e. The molecule has 0 spiro atoms. The van der Waals surface area contributed by atoms with Crippen LogP contribution in [0.25, 0.3) is 0 Å². The molecule has 20 heavy (non-hydrogen) atoms. The number of aromatic nitrogens is 2. The van der Waals surface area contributed by atoms with Crippen molar-refractivity contribution in [1.82, 2.24) is 9.97 Å². The molecule has 0 saturated heterocycles. The van der Waals surface area contributed by atoms with Gasteiger partial charge in [-0.3, -0.25) is 0 Å². The molecule has 5 nitrogen and oxygen atoms in total. The summed E-state index contributed by atoms with van der Waals surface area (Å²) in [5, 5.41) is 6.31. The van der Waals surface area contributed by atoms with E-state index in [0.29, 0.717) is 19.0 Å². The largest absolute Gasteiger partial charge is 0.377 e. The Bertz CT molecular complexity index is 577. The van der Waals surface area contributed by atoms with E-state index >= 15 is 0 Å². The van der Waals surface area contributed by atoms with Crippen molar-refractivity contribution < 1.29 is 4.74 Å². The molecule has 2 N–H and O–H groups in total. The highest BCUT2D eigenvalue weighted by molar-refractivity contribution is 9.10. The van der Waals surface area contributed by atoms with Crippen LogP contribution in [0.1, 0.15) is 11.4 Å². The van der Waals surface area contributed by atoms with Crippen molar-refractivity contribution in [3.05, 3.63) is 46.2 Å². The molecule has 2 rings (SSSR count). The number of benzene rings is 1. The van der Waals surface area contributed by atoms with Gasteiger partial charge < -0.3 is 15.4 Å². The van der Waals surface area contributed by atoms with Gasteiger partial charge in [-0.15, -0.1) is 0 Å². The Labute approximate surface area is 126 Å². The lowest BCUT2D eigenvalue weighted by atomic mass is 10.2. The van der Waals surface area contributed by atoms with Crippen molar-refractivity contribution >= 4 is 27.6 Å². The second-order valence-corrected chi connectivity index (χ2v) is 5.14. The molecule has 1 heterocycles. The van der Waals surface area contributed by atoms with E-state index in [0.717, 1.165) is 16.1 Å². The zero-order valence-corrected chi connectivity index (χ0v) is 13.1. The summed E-state index contributed by atoms with van der Waals surface area (Å²) in [4.78, 5) is 8.73. The molecule has 6 heteroatoms. The SMILES string of the molecule is CNc1cc(NCc2cccc(Br)c2)nc(COC)n1. The molecule has 0 unspecified atom stereocenters. The van der Waals surface area contributed by atoms with Gasteiger partial charge in [-0.2, -0.15) is 0 Å². The molecule has 2 aromatic rings.